The number of carbonyl (C=O) groups is 1. The topological polar surface area (TPSA) is 78.7 Å². The first-order valence-electron chi connectivity index (χ1n) is 9.63. The van der Waals surface area contributed by atoms with Crippen LogP contribution in [-0.2, 0) is 0 Å². The molecule has 0 bridgehead atoms. The van der Waals surface area contributed by atoms with E-state index in [0.29, 0.717) is 11.6 Å². The fourth-order valence-electron chi connectivity index (χ4n) is 3.82. The fourth-order valence-corrected chi connectivity index (χ4v) is 3.82. The second-order valence-corrected chi connectivity index (χ2v) is 7.65. The zero-order valence-electron chi connectivity index (χ0n) is 16.6. The summed E-state index contributed by atoms with van der Waals surface area (Å²) in [5.74, 6) is 0.733. The van der Waals surface area contributed by atoms with Gasteiger partial charge in [-0.25, -0.2) is 9.97 Å². The van der Waals surface area contributed by atoms with Crippen molar-refractivity contribution < 1.29 is 4.79 Å². The van der Waals surface area contributed by atoms with Crippen molar-refractivity contribution >= 4 is 27.9 Å². The van der Waals surface area contributed by atoms with Crippen LogP contribution in [0.15, 0.2) is 48.5 Å². The van der Waals surface area contributed by atoms with Gasteiger partial charge in [-0.05, 0) is 52.0 Å². The van der Waals surface area contributed by atoms with Crippen LogP contribution in [0, 0.1) is 0 Å². The van der Waals surface area contributed by atoms with Crippen molar-refractivity contribution in [1.29, 1.82) is 0 Å². The average molecular weight is 375 g/mol. The molecule has 0 aliphatic carbocycles. The molecule has 6 nitrogen and oxygen atoms in total. The molecule has 0 aliphatic heterocycles. The largest absolute Gasteiger partial charge is 0.324 e. The van der Waals surface area contributed by atoms with E-state index in [9.17, 15) is 4.79 Å². The number of hydrogen-bond acceptors (Lipinski definition) is 4. The Kier molecular flexibility index (Phi) is 4.51. The summed E-state index contributed by atoms with van der Waals surface area (Å²) < 4.78 is 4.00. The summed E-state index contributed by atoms with van der Waals surface area (Å²) in [7, 11) is 0. The van der Waals surface area contributed by atoms with E-state index >= 15 is 0 Å². The van der Waals surface area contributed by atoms with Crippen LogP contribution in [0.4, 0.5) is 0 Å². The number of ketones is 1. The quantitative estimate of drug-likeness (QED) is 0.523. The molecule has 0 saturated heterocycles. The highest BCUT2D eigenvalue weighted by atomic mass is 16.1. The van der Waals surface area contributed by atoms with Gasteiger partial charge in [0, 0.05) is 12.1 Å². The summed E-state index contributed by atoms with van der Waals surface area (Å²) in [5.41, 5.74) is 10.0. The normalized spacial score (nSPS) is 13.1. The zero-order valence-corrected chi connectivity index (χ0v) is 16.6. The maximum atomic E-state index is 13.4. The maximum Gasteiger partial charge on any atom is 0.222 e. The molecule has 4 aromatic rings. The second kappa shape index (κ2) is 6.87. The van der Waals surface area contributed by atoms with E-state index in [1.54, 1.807) is 0 Å². The number of Topliss-reactive ketones (excluding diaryl/α,β-unsaturated/α-hetero) is 1. The zero-order chi connectivity index (χ0) is 20.0. The number of aromatic nitrogens is 4. The lowest BCUT2D eigenvalue weighted by atomic mass is 10.1. The summed E-state index contributed by atoms with van der Waals surface area (Å²) >= 11 is 0. The molecule has 0 amide bonds. The summed E-state index contributed by atoms with van der Waals surface area (Å²) in [4.78, 5) is 22.7. The first-order valence-corrected chi connectivity index (χ1v) is 9.63. The highest BCUT2D eigenvalue weighted by Crippen LogP contribution is 2.28. The van der Waals surface area contributed by atoms with Crippen molar-refractivity contribution in [2.75, 3.05) is 0 Å². The number of para-hydroxylation sites is 4. The minimum Gasteiger partial charge on any atom is -0.324 e. The second-order valence-electron chi connectivity index (χ2n) is 7.65. The Balaban J connectivity index is 1.86. The molecule has 2 heterocycles. The smallest absolute Gasteiger partial charge is 0.222 e. The van der Waals surface area contributed by atoms with Gasteiger partial charge in [0.2, 0.25) is 5.78 Å². The van der Waals surface area contributed by atoms with Gasteiger partial charge in [0.25, 0.3) is 0 Å². The number of imidazole rings is 2. The summed E-state index contributed by atoms with van der Waals surface area (Å²) in [6.07, 6.45) is 0. The molecule has 0 radical (unpaired) electrons. The molecule has 2 aromatic heterocycles. The molecule has 0 aliphatic rings. The van der Waals surface area contributed by atoms with Crippen LogP contribution in [0.5, 0.6) is 0 Å². The van der Waals surface area contributed by atoms with Crippen LogP contribution >= 0.6 is 0 Å². The maximum absolute atomic E-state index is 13.4. The standard InChI is InChI=1S/C22H25N5O/c1-13(2)26-17-11-7-5-9-15(17)24-21(26)19(23)20(28)22-25-16-10-6-8-12-18(16)27(22)14(3)4/h5-14,19H,23H2,1-4H3. The molecule has 1 atom stereocenters. The Bertz CT molecular complexity index is 1170. The van der Waals surface area contributed by atoms with Crippen molar-refractivity contribution in [2.24, 2.45) is 5.73 Å². The molecule has 144 valence electrons. The molecule has 0 fully saturated rings. The van der Waals surface area contributed by atoms with E-state index in [1.807, 2.05) is 71.5 Å². The van der Waals surface area contributed by atoms with Gasteiger partial charge in [0.1, 0.15) is 11.9 Å². The van der Waals surface area contributed by atoms with Gasteiger partial charge in [-0.3, -0.25) is 4.79 Å². The summed E-state index contributed by atoms with van der Waals surface area (Å²) in [5, 5.41) is 0. The Hall–Kier alpha value is -2.99. The van der Waals surface area contributed by atoms with Gasteiger partial charge in [-0.1, -0.05) is 24.3 Å². The van der Waals surface area contributed by atoms with Crippen molar-refractivity contribution in [1.82, 2.24) is 19.1 Å². The van der Waals surface area contributed by atoms with Crippen molar-refractivity contribution in [3.8, 4) is 0 Å². The van der Waals surface area contributed by atoms with Crippen molar-refractivity contribution in [2.45, 2.75) is 45.8 Å². The first-order chi connectivity index (χ1) is 13.4. The Morgan fingerprint density at radius 2 is 1.32 bits per heavy atom. The van der Waals surface area contributed by atoms with Crippen LogP contribution in [-0.4, -0.2) is 24.9 Å². The minimum atomic E-state index is -0.885. The minimum absolute atomic E-state index is 0.0856. The molecule has 2 N–H and O–H groups in total. The number of carbonyl (C=O) groups excluding carboxylic acids is 1. The molecule has 2 aromatic carbocycles. The Morgan fingerprint density at radius 3 is 1.89 bits per heavy atom. The lowest BCUT2D eigenvalue weighted by Gasteiger charge is -2.18. The molecule has 4 rings (SSSR count). The molecular formula is C22H25N5O. The predicted molar refractivity (Wildman–Crippen MR) is 111 cm³/mol. The van der Waals surface area contributed by atoms with Gasteiger partial charge in [0.15, 0.2) is 5.82 Å². The van der Waals surface area contributed by atoms with Gasteiger partial charge in [-0.15, -0.1) is 0 Å². The average Bonchev–Trinajstić information content (AvgIpc) is 3.25. The summed E-state index contributed by atoms with van der Waals surface area (Å²) in [6.45, 7) is 8.22. The summed E-state index contributed by atoms with van der Waals surface area (Å²) in [6, 6.07) is 15.0. The van der Waals surface area contributed by atoms with E-state index in [-0.39, 0.29) is 17.9 Å². The predicted octanol–water partition coefficient (Wildman–Crippen LogP) is 4.43. The number of nitrogens with two attached hydrogens (primary N) is 1. The molecule has 0 spiro atoms. The number of nitrogens with zero attached hydrogens (tertiary/aromatic N) is 4. The third kappa shape index (κ3) is 2.81. The van der Waals surface area contributed by atoms with Crippen LogP contribution in [0.2, 0.25) is 0 Å². The number of benzene rings is 2. The highest BCUT2D eigenvalue weighted by Gasteiger charge is 2.29. The Morgan fingerprint density at radius 1 is 0.821 bits per heavy atom. The fraction of sp³-hybridized carbons (Fsp3) is 0.318. The lowest BCUT2D eigenvalue weighted by Crippen LogP contribution is -2.28. The highest BCUT2D eigenvalue weighted by molar-refractivity contribution is 6.00. The monoisotopic (exact) mass is 375 g/mol. The first kappa shape index (κ1) is 18.4. The van der Waals surface area contributed by atoms with E-state index in [4.69, 9.17) is 5.73 Å². The van der Waals surface area contributed by atoms with Gasteiger partial charge in [-0.2, -0.15) is 0 Å². The van der Waals surface area contributed by atoms with Crippen LogP contribution in [0.3, 0.4) is 0 Å². The van der Waals surface area contributed by atoms with Crippen molar-refractivity contribution in [3.05, 3.63) is 60.2 Å². The van der Waals surface area contributed by atoms with Gasteiger partial charge in [0.05, 0.1) is 22.1 Å². The third-order valence-corrected chi connectivity index (χ3v) is 5.03. The Labute approximate surface area is 164 Å². The van der Waals surface area contributed by atoms with E-state index in [1.165, 1.54) is 0 Å². The van der Waals surface area contributed by atoms with E-state index in [0.717, 1.165) is 22.1 Å². The third-order valence-electron chi connectivity index (χ3n) is 5.03. The van der Waals surface area contributed by atoms with Crippen molar-refractivity contribution in [3.63, 3.8) is 0 Å². The number of rotatable bonds is 5. The molecular weight excluding hydrogens is 350 g/mol. The van der Waals surface area contributed by atoms with Crippen LogP contribution in [0.1, 0.15) is 62.3 Å². The van der Waals surface area contributed by atoms with Gasteiger partial charge < -0.3 is 14.9 Å². The van der Waals surface area contributed by atoms with Gasteiger partial charge >= 0.3 is 0 Å². The molecule has 1 unspecified atom stereocenters. The molecule has 0 saturated carbocycles. The van der Waals surface area contributed by atoms with Crippen LogP contribution < -0.4 is 5.73 Å². The van der Waals surface area contributed by atoms with E-state index in [2.05, 4.69) is 23.8 Å². The number of fused-ring (bicyclic) bond motifs is 2. The van der Waals surface area contributed by atoms with Crippen LogP contribution in [0.25, 0.3) is 22.1 Å². The molecule has 6 heteroatoms. The van der Waals surface area contributed by atoms with E-state index < -0.39 is 6.04 Å². The lowest BCUT2D eigenvalue weighted by molar-refractivity contribution is 0.0940. The SMILES string of the molecule is CC(C)n1c(C(=O)C(N)c2nc3ccccc3n2C(C)C)nc2ccccc21. The molecule has 28 heavy (non-hydrogen) atoms. The number of hydrogen-bond donors (Lipinski definition) is 1.